The minimum Gasteiger partial charge on any atom is -0.496 e. The van der Waals surface area contributed by atoms with E-state index in [2.05, 4.69) is 10.6 Å². The van der Waals surface area contributed by atoms with Gasteiger partial charge in [0, 0.05) is 25.2 Å². The fourth-order valence-electron chi connectivity index (χ4n) is 1.89. The molecule has 2 rings (SSSR count). The van der Waals surface area contributed by atoms with Crippen molar-refractivity contribution in [2.24, 2.45) is 0 Å². The first kappa shape index (κ1) is 13.2. The first-order chi connectivity index (χ1) is 7.33. The molecule has 0 radical (unpaired) electrons. The monoisotopic (exact) mass is 246 g/mol. The third-order valence-electron chi connectivity index (χ3n) is 2.62. The number of methoxy groups -OCH3 is 1. The van der Waals surface area contributed by atoms with Crippen molar-refractivity contribution < 1.29 is 9.13 Å². The Morgan fingerprint density at radius 1 is 1.38 bits per heavy atom. The summed E-state index contributed by atoms with van der Waals surface area (Å²) in [5.41, 5.74) is 0.618. The summed E-state index contributed by atoms with van der Waals surface area (Å²) in [6, 6.07) is 4.91. The molecule has 0 amide bonds. The van der Waals surface area contributed by atoms with E-state index in [0.717, 1.165) is 19.6 Å². The maximum absolute atomic E-state index is 13.7. The van der Waals surface area contributed by atoms with Gasteiger partial charge in [-0.25, -0.2) is 4.39 Å². The van der Waals surface area contributed by atoms with Crippen molar-refractivity contribution >= 4 is 12.4 Å². The molecule has 0 unspecified atom stereocenters. The third-order valence-corrected chi connectivity index (χ3v) is 2.62. The Kier molecular flexibility index (Phi) is 4.99. The predicted octanol–water partition coefficient (Wildman–Crippen LogP) is 1.49. The highest BCUT2D eigenvalue weighted by atomic mass is 35.5. The number of nitrogens with one attached hydrogen (secondary N) is 2. The van der Waals surface area contributed by atoms with Gasteiger partial charge in [0.2, 0.25) is 0 Å². The van der Waals surface area contributed by atoms with Crippen molar-refractivity contribution in [1.82, 2.24) is 10.6 Å². The summed E-state index contributed by atoms with van der Waals surface area (Å²) in [4.78, 5) is 0. The van der Waals surface area contributed by atoms with Crippen molar-refractivity contribution in [3.05, 3.63) is 29.6 Å². The van der Waals surface area contributed by atoms with Gasteiger partial charge in [0.25, 0.3) is 0 Å². The molecule has 3 nitrogen and oxygen atoms in total. The van der Waals surface area contributed by atoms with Crippen LogP contribution in [0.25, 0.3) is 0 Å². The highest BCUT2D eigenvalue weighted by Crippen LogP contribution is 2.27. The van der Waals surface area contributed by atoms with Crippen LogP contribution in [0.2, 0.25) is 0 Å². The van der Waals surface area contributed by atoms with E-state index >= 15 is 0 Å². The maximum atomic E-state index is 13.7. The van der Waals surface area contributed by atoms with Gasteiger partial charge in [-0.1, -0.05) is 6.07 Å². The van der Waals surface area contributed by atoms with E-state index < -0.39 is 0 Å². The van der Waals surface area contributed by atoms with E-state index in [0.29, 0.717) is 11.3 Å². The standard InChI is InChI=1S/C11H15FN2O.ClH/c1-15-10-4-2-3-8(12)11(10)9-7-13-5-6-14-9;/h2-4,9,13-14H,5-7H2,1H3;1H/t9-;/m1./s1. The molecule has 1 aliphatic rings. The van der Waals surface area contributed by atoms with Crippen LogP contribution in [0.3, 0.4) is 0 Å². The molecule has 1 aliphatic heterocycles. The van der Waals surface area contributed by atoms with Crippen LogP contribution >= 0.6 is 12.4 Å². The largest absolute Gasteiger partial charge is 0.496 e. The zero-order valence-electron chi connectivity index (χ0n) is 9.13. The molecule has 5 heteroatoms. The molecule has 1 fully saturated rings. The van der Waals surface area contributed by atoms with Crippen molar-refractivity contribution in [3.63, 3.8) is 0 Å². The van der Waals surface area contributed by atoms with Crippen LogP contribution in [-0.4, -0.2) is 26.7 Å². The summed E-state index contributed by atoms with van der Waals surface area (Å²) >= 11 is 0. The number of benzene rings is 1. The van der Waals surface area contributed by atoms with Crippen LogP contribution in [0.1, 0.15) is 11.6 Å². The Morgan fingerprint density at radius 2 is 2.19 bits per heavy atom. The van der Waals surface area contributed by atoms with E-state index in [1.54, 1.807) is 19.2 Å². The first-order valence-electron chi connectivity index (χ1n) is 5.09. The number of hydrogen-bond acceptors (Lipinski definition) is 3. The van der Waals surface area contributed by atoms with E-state index in [1.807, 2.05) is 0 Å². The molecular weight excluding hydrogens is 231 g/mol. The Bertz CT molecular complexity index is 343. The van der Waals surface area contributed by atoms with E-state index in [4.69, 9.17) is 4.74 Å². The van der Waals surface area contributed by atoms with Crippen LogP contribution < -0.4 is 15.4 Å². The van der Waals surface area contributed by atoms with E-state index in [-0.39, 0.29) is 24.3 Å². The Hall–Kier alpha value is -0.840. The molecule has 0 saturated carbocycles. The lowest BCUT2D eigenvalue weighted by Crippen LogP contribution is -2.43. The predicted molar refractivity (Wildman–Crippen MR) is 63.8 cm³/mol. The second-order valence-electron chi connectivity index (χ2n) is 3.57. The van der Waals surface area contributed by atoms with Gasteiger partial charge in [-0.3, -0.25) is 0 Å². The Morgan fingerprint density at radius 3 is 2.81 bits per heavy atom. The topological polar surface area (TPSA) is 33.3 Å². The molecule has 0 aromatic heterocycles. The lowest BCUT2D eigenvalue weighted by atomic mass is 10.0. The van der Waals surface area contributed by atoms with Crippen LogP contribution in [0.5, 0.6) is 5.75 Å². The van der Waals surface area contributed by atoms with Gasteiger partial charge >= 0.3 is 0 Å². The van der Waals surface area contributed by atoms with Gasteiger partial charge in [0.05, 0.1) is 13.2 Å². The second kappa shape index (κ2) is 6.03. The highest BCUT2D eigenvalue weighted by Gasteiger charge is 2.21. The molecule has 1 saturated heterocycles. The van der Waals surface area contributed by atoms with Gasteiger partial charge in [-0.2, -0.15) is 0 Å². The van der Waals surface area contributed by atoms with Crippen LogP contribution in [0, 0.1) is 5.82 Å². The van der Waals surface area contributed by atoms with Crippen LogP contribution in [0.4, 0.5) is 4.39 Å². The molecule has 1 atom stereocenters. The smallest absolute Gasteiger partial charge is 0.131 e. The van der Waals surface area contributed by atoms with Gasteiger partial charge in [-0.15, -0.1) is 12.4 Å². The fourth-order valence-corrected chi connectivity index (χ4v) is 1.89. The van der Waals surface area contributed by atoms with Gasteiger partial charge in [0.15, 0.2) is 0 Å². The SMILES string of the molecule is COc1cccc(F)c1[C@H]1CNCCN1.Cl. The molecule has 16 heavy (non-hydrogen) atoms. The highest BCUT2D eigenvalue weighted by molar-refractivity contribution is 5.85. The molecule has 1 aromatic rings. The fraction of sp³-hybridized carbons (Fsp3) is 0.455. The molecule has 2 N–H and O–H groups in total. The number of rotatable bonds is 2. The van der Waals surface area contributed by atoms with E-state index in [1.165, 1.54) is 6.07 Å². The van der Waals surface area contributed by atoms with Crippen molar-refractivity contribution in [2.45, 2.75) is 6.04 Å². The zero-order valence-corrected chi connectivity index (χ0v) is 9.94. The van der Waals surface area contributed by atoms with Crippen LogP contribution in [0.15, 0.2) is 18.2 Å². The summed E-state index contributed by atoms with van der Waals surface area (Å²) in [6.07, 6.45) is 0. The summed E-state index contributed by atoms with van der Waals surface area (Å²) in [5.74, 6) is 0.395. The summed E-state index contributed by atoms with van der Waals surface area (Å²) in [5, 5.41) is 6.50. The minimum atomic E-state index is -0.212. The van der Waals surface area contributed by atoms with E-state index in [9.17, 15) is 4.39 Å². The third kappa shape index (κ3) is 2.64. The molecular formula is C11H16ClFN2O. The molecule has 90 valence electrons. The average Bonchev–Trinajstić information content (AvgIpc) is 2.29. The molecule has 0 aliphatic carbocycles. The Balaban J connectivity index is 0.00000128. The maximum Gasteiger partial charge on any atom is 0.131 e. The average molecular weight is 247 g/mol. The normalized spacial score (nSPS) is 20.0. The van der Waals surface area contributed by atoms with Gasteiger partial charge in [-0.05, 0) is 12.1 Å². The molecule has 1 aromatic carbocycles. The van der Waals surface area contributed by atoms with Crippen molar-refractivity contribution in [1.29, 1.82) is 0 Å². The lowest BCUT2D eigenvalue weighted by molar-refractivity contribution is 0.371. The zero-order chi connectivity index (χ0) is 10.7. The molecule has 0 bridgehead atoms. The minimum absolute atomic E-state index is 0. The number of piperazine rings is 1. The van der Waals surface area contributed by atoms with Crippen molar-refractivity contribution in [2.75, 3.05) is 26.7 Å². The summed E-state index contributed by atoms with van der Waals surface area (Å²) in [6.45, 7) is 2.51. The second-order valence-corrected chi connectivity index (χ2v) is 3.57. The quantitative estimate of drug-likeness (QED) is 0.830. The number of hydrogen-bond donors (Lipinski definition) is 2. The van der Waals surface area contributed by atoms with Gasteiger partial charge in [0.1, 0.15) is 11.6 Å². The molecule has 1 heterocycles. The first-order valence-corrected chi connectivity index (χ1v) is 5.09. The van der Waals surface area contributed by atoms with Crippen molar-refractivity contribution in [3.8, 4) is 5.75 Å². The van der Waals surface area contributed by atoms with Gasteiger partial charge < -0.3 is 15.4 Å². The van der Waals surface area contributed by atoms with Crippen LogP contribution in [-0.2, 0) is 0 Å². The molecule has 0 spiro atoms. The number of ether oxygens (including phenoxy) is 1. The Labute approximate surface area is 101 Å². The summed E-state index contributed by atoms with van der Waals surface area (Å²) in [7, 11) is 1.56. The number of halogens is 2. The lowest BCUT2D eigenvalue weighted by Gasteiger charge is -2.26. The summed E-state index contributed by atoms with van der Waals surface area (Å²) < 4.78 is 18.8.